The Morgan fingerprint density at radius 2 is 1.94 bits per heavy atom. The Morgan fingerprint density at radius 3 is 2.44 bits per heavy atom. The first kappa shape index (κ1) is 14.7. The van der Waals surface area contributed by atoms with Gasteiger partial charge in [0.2, 0.25) is 0 Å². The lowest BCUT2D eigenvalue weighted by molar-refractivity contribution is 0.601. The van der Waals surface area contributed by atoms with Crippen molar-refractivity contribution in [3.63, 3.8) is 0 Å². The first-order valence-corrected chi connectivity index (χ1v) is 7.82. The molecule has 0 aliphatic rings. The quantitative estimate of drug-likeness (QED) is 0.835. The molecule has 0 radical (unpaired) electrons. The van der Waals surface area contributed by atoms with Crippen LogP contribution in [0.5, 0.6) is 0 Å². The lowest BCUT2D eigenvalue weighted by atomic mass is 10.3. The predicted octanol–water partition coefficient (Wildman–Crippen LogP) is 0.410. The second-order valence-corrected chi connectivity index (χ2v) is 6.64. The molecule has 0 spiro atoms. The van der Waals surface area contributed by atoms with Crippen molar-refractivity contribution in [3.05, 3.63) is 11.4 Å². The van der Waals surface area contributed by atoms with Crippen molar-refractivity contribution >= 4 is 21.5 Å². The van der Waals surface area contributed by atoms with Gasteiger partial charge in [-0.2, -0.15) is 0 Å². The molecule has 7 heteroatoms. The molecule has 0 fully saturated rings. The maximum Gasteiger partial charge on any atom is 0.149 e. The number of nitrogens with two attached hydrogens (primary N) is 1. The van der Waals surface area contributed by atoms with Gasteiger partial charge in [-0.15, -0.1) is 0 Å². The third kappa shape index (κ3) is 3.83. The number of rotatable bonds is 5. The summed E-state index contributed by atoms with van der Waals surface area (Å²) in [6, 6.07) is 0. The van der Waals surface area contributed by atoms with Crippen molar-refractivity contribution < 1.29 is 8.42 Å². The first-order chi connectivity index (χ1) is 8.24. The van der Waals surface area contributed by atoms with Crippen LogP contribution in [0.4, 0.5) is 11.6 Å². The highest BCUT2D eigenvalue weighted by molar-refractivity contribution is 7.90. The molecule has 2 N–H and O–H groups in total. The monoisotopic (exact) mass is 272 g/mol. The van der Waals surface area contributed by atoms with Gasteiger partial charge in [-0.3, -0.25) is 0 Å². The number of nitrogen functional groups attached to an aromatic ring is 1. The standard InChI is InChI=1S/C11H20N4O2S/c1-5-9-13-10(12)8(2)11(14-9)15(3)6-7-18(4,16)17/h5-7H2,1-4H3,(H2,12,13,14). The fraction of sp³-hybridized carbons (Fsp3) is 0.636. The Kier molecular flexibility index (Phi) is 4.50. The van der Waals surface area contributed by atoms with Gasteiger partial charge in [-0.1, -0.05) is 6.92 Å². The molecule has 6 nitrogen and oxygen atoms in total. The van der Waals surface area contributed by atoms with E-state index in [9.17, 15) is 8.42 Å². The van der Waals surface area contributed by atoms with Gasteiger partial charge in [-0.05, 0) is 6.92 Å². The van der Waals surface area contributed by atoms with Crippen molar-refractivity contribution in [2.45, 2.75) is 20.3 Å². The summed E-state index contributed by atoms with van der Waals surface area (Å²) < 4.78 is 22.3. The minimum atomic E-state index is -2.98. The van der Waals surface area contributed by atoms with E-state index in [2.05, 4.69) is 9.97 Å². The van der Waals surface area contributed by atoms with Crippen LogP contribution in [-0.4, -0.2) is 44.0 Å². The summed E-state index contributed by atoms with van der Waals surface area (Å²) in [5.41, 5.74) is 6.60. The molecule has 1 heterocycles. The van der Waals surface area contributed by atoms with Crippen LogP contribution in [0, 0.1) is 6.92 Å². The second kappa shape index (κ2) is 5.51. The first-order valence-electron chi connectivity index (χ1n) is 5.76. The summed E-state index contributed by atoms with van der Waals surface area (Å²) in [5, 5.41) is 0. The van der Waals surface area contributed by atoms with Crippen LogP contribution in [0.1, 0.15) is 18.3 Å². The number of hydrogen-bond donors (Lipinski definition) is 1. The zero-order valence-corrected chi connectivity index (χ0v) is 12.1. The zero-order chi connectivity index (χ0) is 13.9. The third-order valence-electron chi connectivity index (χ3n) is 2.68. The van der Waals surface area contributed by atoms with Gasteiger partial charge < -0.3 is 10.6 Å². The van der Waals surface area contributed by atoms with Crippen molar-refractivity contribution in [3.8, 4) is 0 Å². The predicted molar refractivity (Wildman–Crippen MR) is 73.5 cm³/mol. The SMILES string of the molecule is CCc1nc(N)c(C)c(N(C)CCS(C)(=O)=O)n1. The van der Waals surface area contributed by atoms with Crippen molar-refractivity contribution in [1.29, 1.82) is 0 Å². The molecule has 18 heavy (non-hydrogen) atoms. The highest BCUT2D eigenvalue weighted by Gasteiger charge is 2.13. The fourth-order valence-corrected chi connectivity index (χ4v) is 2.11. The van der Waals surface area contributed by atoms with Crippen LogP contribution >= 0.6 is 0 Å². The molecule has 102 valence electrons. The van der Waals surface area contributed by atoms with E-state index in [0.717, 1.165) is 5.56 Å². The Bertz CT molecular complexity index is 528. The molecular formula is C11H20N4O2S. The molecule has 0 amide bonds. The summed E-state index contributed by atoms with van der Waals surface area (Å²) in [6.45, 7) is 4.17. The number of aryl methyl sites for hydroxylation is 1. The number of nitrogens with zero attached hydrogens (tertiary/aromatic N) is 3. The Labute approximate surface area is 108 Å². The van der Waals surface area contributed by atoms with E-state index in [1.165, 1.54) is 6.26 Å². The second-order valence-electron chi connectivity index (χ2n) is 4.38. The van der Waals surface area contributed by atoms with E-state index in [0.29, 0.717) is 30.4 Å². The molecular weight excluding hydrogens is 252 g/mol. The average molecular weight is 272 g/mol. The minimum absolute atomic E-state index is 0.0916. The van der Waals surface area contributed by atoms with Crippen molar-refractivity contribution in [1.82, 2.24) is 9.97 Å². The molecule has 0 saturated carbocycles. The van der Waals surface area contributed by atoms with Crippen LogP contribution < -0.4 is 10.6 Å². The number of aromatic nitrogens is 2. The lowest BCUT2D eigenvalue weighted by Crippen LogP contribution is -2.27. The Hall–Kier alpha value is -1.37. The highest BCUT2D eigenvalue weighted by Crippen LogP contribution is 2.20. The van der Waals surface area contributed by atoms with E-state index in [1.54, 1.807) is 11.9 Å². The molecule has 0 bridgehead atoms. The molecule has 0 unspecified atom stereocenters. The molecule has 1 rings (SSSR count). The van der Waals surface area contributed by atoms with E-state index >= 15 is 0 Å². The molecule has 1 aromatic heterocycles. The van der Waals surface area contributed by atoms with Gasteiger partial charge >= 0.3 is 0 Å². The number of hydrogen-bond acceptors (Lipinski definition) is 6. The van der Waals surface area contributed by atoms with Gasteiger partial charge in [-0.25, -0.2) is 18.4 Å². The molecule has 0 atom stereocenters. The van der Waals surface area contributed by atoms with Gasteiger partial charge in [0.15, 0.2) is 0 Å². The van der Waals surface area contributed by atoms with E-state index < -0.39 is 9.84 Å². The molecule has 0 aromatic carbocycles. The van der Waals surface area contributed by atoms with Crippen LogP contribution in [0.25, 0.3) is 0 Å². The van der Waals surface area contributed by atoms with Crippen LogP contribution in [0.15, 0.2) is 0 Å². The van der Waals surface area contributed by atoms with Crippen LogP contribution in [0.3, 0.4) is 0 Å². The fourth-order valence-electron chi connectivity index (χ4n) is 1.51. The van der Waals surface area contributed by atoms with Crippen LogP contribution in [-0.2, 0) is 16.3 Å². The topological polar surface area (TPSA) is 89.2 Å². The molecule has 0 aliphatic heterocycles. The van der Waals surface area contributed by atoms with Gasteiger partial charge in [0.25, 0.3) is 0 Å². The zero-order valence-electron chi connectivity index (χ0n) is 11.3. The van der Waals surface area contributed by atoms with Crippen molar-refractivity contribution in [2.24, 2.45) is 0 Å². The third-order valence-corrected chi connectivity index (χ3v) is 3.60. The largest absolute Gasteiger partial charge is 0.383 e. The molecule has 0 aliphatic carbocycles. The van der Waals surface area contributed by atoms with Gasteiger partial charge in [0.05, 0.1) is 5.75 Å². The number of sulfone groups is 1. The summed E-state index contributed by atoms with van der Waals surface area (Å²) in [4.78, 5) is 10.4. The lowest BCUT2D eigenvalue weighted by Gasteiger charge is -2.20. The van der Waals surface area contributed by atoms with Crippen molar-refractivity contribution in [2.75, 3.05) is 36.2 Å². The normalized spacial score (nSPS) is 11.6. The Balaban J connectivity index is 2.97. The smallest absolute Gasteiger partial charge is 0.149 e. The van der Waals surface area contributed by atoms with E-state index in [4.69, 9.17) is 5.73 Å². The summed E-state index contributed by atoms with van der Waals surface area (Å²) in [7, 11) is -1.18. The summed E-state index contributed by atoms with van der Waals surface area (Å²) in [5.74, 6) is 1.90. The van der Waals surface area contributed by atoms with Gasteiger partial charge in [0.1, 0.15) is 27.3 Å². The maximum absolute atomic E-state index is 11.2. The van der Waals surface area contributed by atoms with Crippen LogP contribution in [0.2, 0.25) is 0 Å². The summed E-state index contributed by atoms with van der Waals surface area (Å²) >= 11 is 0. The Morgan fingerprint density at radius 1 is 1.33 bits per heavy atom. The van der Waals surface area contributed by atoms with Gasteiger partial charge in [0, 0.05) is 31.8 Å². The number of anilines is 2. The average Bonchev–Trinajstić information content (AvgIpc) is 2.28. The maximum atomic E-state index is 11.2. The van der Waals surface area contributed by atoms with E-state index in [-0.39, 0.29) is 5.75 Å². The molecule has 0 saturated heterocycles. The molecule has 1 aromatic rings. The summed E-state index contributed by atoms with van der Waals surface area (Å²) in [6.07, 6.45) is 1.91. The highest BCUT2D eigenvalue weighted by atomic mass is 32.2. The minimum Gasteiger partial charge on any atom is -0.383 e. The van der Waals surface area contributed by atoms with E-state index in [1.807, 2.05) is 13.8 Å².